The van der Waals surface area contributed by atoms with Crippen LogP contribution in [0.5, 0.6) is 0 Å². The van der Waals surface area contributed by atoms with Gasteiger partial charge in [-0.1, -0.05) is 6.07 Å². The lowest BCUT2D eigenvalue weighted by molar-refractivity contribution is 0.0950. The van der Waals surface area contributed by atoms with Crippen molar-refractivity contribution in [2.45, 2.75) is 26.9 Å². The molecule has 25 heavy (non-hydrogen) atoms. The number of nitrogens with two attached hydrogens (primary N) is 1. The molecule has 3 aromatic rings. The molecule has 3 N–H and O–H groups in total. The van der Waals surface area contributed by atoms with Crippen LogP contribution in [0.25, 0.3) is 0 Å². The van der Waals surface area contributed by atoms with Crippen LogP contribution in [0.1, 0.15) is 32.7 Å². The van der Waals surface area contributed by atoms with E-state index in [0.717, 1.165) is 22.4 Å². The van der Waals surface area contributed by atoms with Crippen LogP contribution < -0.4 is 11.1 Å². The molecule has 1 amide bonds. The number of aromatic nitrogens is 4. The quantitative estimate of drug-likeness (QED) is 0.741. The molecule has 0 radical (unpaired) electrons. The molecule has 0 atom stereocenters. The monoisotopic (exact) mass is 336 g/mol. The zero-order valence-corrected chi connectivity index (χ0v) is 14.2. The van der Waals surface area contributed by atoms with Gasteiger partial charge in [-0.05, 0) is 42.7 Å². The molecular formula is C18H20N6O. The first-order chi connectivity index (χ1) is 12.0. The predicted octanol–water partition coefficient (Wildman–Crippen LogP) is 1.85. The Morgan fingerprint density at radius 1 is 1.32 bits per heavy atom. The molecule has 0 spiro atoms. The fourth-order valence-electron chi connectivity index (χ4n) is 2.67. The van der Waals surface area contributed by atoms with Crippen LogP contribution >= 0.6 is 0 Å². The number of hydrogen-bond acceptors (Lipinski definition) is 5. The summed E-state index contributed by atoms with van der Waals surface area (Å²) in [6.07, 6.45) is 6.79. The number of amides is 1. The van der Waals surface area contributed by atoms with Crippen LogP contribution in [-0.4, -0.2) is 25.7 Å². The van der Waals surface area contributed by atoms with Crippen LogP contribution in [0.4, 0.5) is 5.82 Å². The predicted molar refractivity (Wildman–Crippen MR) is 94.9 cm³/mol. The van der Waals surface area contributed by atoms with E-state index in [4.69, 9.17) is 5.73 Å². The Hall–Kier alpha value is -3.22. The third kappa shape index (κ3) is 4.00. The van der Waals surface area contributed by atoms with Gasteiger partial charge in [-0.2, -0.15) is 5.10 Å². The van der Waals surface area contributed by atoms with Gasteiger partial charge >= 0.3 is 0 Å². The molecule has 0 bridgehead atoms. The maximum absolute atomic E-state index is 12.4. The molecule has 128 valence electrons. The summed E-state index contributed by atoms with van der Waals surface area (Å²) < 4.78 is 1.72. The van der Waals surface area contributed by atoms with E-state index in [0.29, 0.717) is 24.5 Å². The molecule has 3 heterocycles. The summed E-state index contributed by atoms with van der Waals surface area (Å²) in [5.41, 5.74) is 10.1. The Balaban J connectivity index is 1.64. The van der Waals surface area contributed by atoms with Crippen LogP contribution in [-0.2, 0) is 13.1 Å². The number of nitrogens with one attached hydrogen (secondary N) is 1. The van der Waals surface area contributed by atoms with Crippen molar-refractivity contribution in [2.24, 2.45) is 0 Å². The second kappa shape index (κ2) is 7.12. The Morgan fingerprint density at radius 3 is 2.88 bits per heavy atom. The minimum absolute atomic E-state index is 0.173. The van der Waals surface area contributed by atoms with Gasteiger partial charge in [-0.3, -0.25) is 14.5 Å². The largest absolute Gasteiger partial charge is 0.384 e. The van der Waals surface area contributed by atoms with Gasteiger partial charge in [0.15, 0.2) is 0 Å². The first-order valence-corrected chi connectivity index (χ1v) is 7.95. The summed E-state index contributed by atoms with van der Waals surface area (Å²) in [7, 11) is 0. The lowest BCUT2D eigenvalue weighted by Gasteiger charge is -2.11. The molecule has 0 unspecified atom stereocenters. The Labute approximate surface area is 145 Å². The van der Waals surface area contributed by atoms with E-state index in [1.165, 1.54) is 0 Å². The molecule has 7 nitrogen and oxygen atoms in total. The molecule has 0 saturated carbocycles. The summed E-state index contributed by atoms with van der Waals surface area (Å²) in [4.78, 5) is 20.7. The molecule has 0 aliphatic heterocycles. The van der Waals surface area contributed by atoms with Gasteiger partial charge in [0, 0.05) is 30.8 Å². The summed E-state index contributed by atoms with van der Waals surface area (Å²) in [6, 6.07) is 5.65. The van der Waals surface area contributed by atoms with Crippen LogP contribution in [0, 0.1) is 13.8 Å². The number of anilines is 1. The second-order valence-electron chi connectivity index (χ2n) is 5.90. The van der Waals surface area contributed by atoms with Crippen molar-refractivity contribution in [3.05, 3.63) is 70.9 Å². The van der Waals surface area contributed by atoms with Crippen molar-refractivity contribution in [3.63, 3.8) is 0 Å². The average Bonchev–Trinajstić information content (AvgIpc) is 3.03. The molecule has 0 aromatic carbocycles. The number of rotatable bonds is 5. The van der Waals surface area contributed by atoms with E-state index >= 15 is 0 Å². The highest BCUT2D eigenvalue weighted by molar-refractivity contribution is 5.93. The maximum Gasteiger partial charge on any atom is 0.254 e. The minimum Gasteiger partial charge on any atom is -0.384 e. The number of aryl methyl sites for hydroxylation is 2. The molecular weight excluding hydrogens is 316 g/mol. The van der Waals surface area contributed by atoms with Gasteiger partial charge in [0.25, 0.3) is 5.91 Å². The van der Waals surface area contributed by atoms with Gasteiger partial charge in [0.2, 0.25) is 0 Å². The standard InChI is InChI=1S/C18H20N6O/c1-12-6-17(19)23-13(2)16(12)9-21-18(25)15-8-22-24(11-15)10-14-4-3-5-20-7-14/h3-8,11H,9-10H2,1-2H3,(H2,19,23)(H,21,25). The third-order valence-electron chi connectivity index (χ3n) is 3.96. The zero-order valence-electron chi connectivity index (χ0n) is 14.2. The normalized spacial score (nSPS) is 10.6. The molecule has 0 aliphatic carbocycles. The summed E-state index contributed by atoms with van der Waals surface area (Å²) in [5.74, 6) is 0.315. The minimum atomic E-state index is -0.173. The van der Waals surface area contributed by atoms with Crippen LogP contribution in [0.2, 0.25) is 0 Å². The molecule has 7 heteroatoms. The van der Waals surface area contributed by atoms with Crippen molar-refractivity contribution in [2.75, 3.05) is 5.73 Å². The van der Waals surface area contributed by atoms with E-state index in [1.54, 1.807) is 35.5 Å². The molecule has 0 saturated heterocycles. The van der Waals surface area contributed by atoms with Crippen molar-refractivity contribution in [1.82, 2.24) is 25.1 Å². The van der Waals surface area contributed by atoms with E-state index < -0.39 is 0 Å². The fraction of sp³-hybridized carbons (Fsp3) is 0.222. The number of nitrogens with zero attached hydrogens (tertiary/aromatic N) is 4. The first kappa shape index (κ1) is 16.6. The number of carbonyl (C=O) groups excluding carboxylic acids is 1. The molecule has 0 aliphatic rings. The van der Waals surface area contributed by atoms with E-state index in [-0.39, 0.29) is 5.91 Å². The lowest BCUT2D eigenvalue weighted by atomic mass is 10.1. The van der Waals surface area contributed by atoms with Gasteiger partial charge in [0.05, 0.1) is 18.3 Å². The highest BCUT2D eigenvalue weighted by Gasteiger charge is 2.11. The van der Waals surface area contributed by atoms with Crippen molar-refractivity contribution in [1.29, 1.82) is 0 Å². The number of hydrogen-bond donors (Lipinski definition) is 2. The van der Waals surface area contributed by atoms with Gasteiger partial charge in [0.1, 0.15) is 5.82 Å². The smallest absolute Gasteiger partial charge is 0.254 e. The third-order valence-corrected chi connectivity index (χ3v) is 3.96. The van der Waals surface area contributed by atoms with Crippen LogP contribution in [0.15, 0.2) is 43.0 Å². The fourth-order valence-corrected chi connectivity index (χ4v) is 2.67. The zero-order chi connectivity index (χ0) is 17.8. The highest BCUT2D eigenvalue weighted by atomic mass is 16.1. The summed E-state index contributed by atoms with van der Waals surface area (Å²) >= 11 is 0. The molecule has 3 aromatic heterocycles. The van der Waals surface area contributed by atoms with E-state index in [2.05, 4.69) is 20.4 Å². The van der Waals surface area contributed by atoms with Gasteiger partial charge in [-0.25, -0.2) is 4.98 Å². The van der Waals surface area contributed by atoms with E-state index in [1.807, 2.05) is 26.0 Å². The topological polar surface area (TPSA) is 98.7 Å². The van der Waals surface area contributed by atoms with Gasteiger partial charge in [-0.15, -0.1) is 0 Å². The van der Waals surface area contributed by atoms with Gasteiger partial charge < -0.3 is 11.1 Å². The Bertz CT molecular complexity index is 865. The molecule has 3 rings (SSSR count). The average molecular weight is 336 g/mol. The van der Waals surface area contributed by atoms with E-state index in [9.17, 15) is 4.79 Å². The molecule has 0 fully saturated rings. The maximum atomic E-state index is 12.4. The number of nitrogen functional groups attached to an aromatic ring is 1. The summed E-state index contributed by atoms with van der Waals surface area (Å²) in [5, 5.41) is 7.14. The highest BCUT2D eigenvalue weighted by Crippen LogP contribution is 2.14. The Morgan fingerprint density at radius 2 is 2.16 bits per heavy atom. The van der Waals surface area contributed by atoms with Crippen molar-refractivity contribution in [3.8, 4) is 0 Å². The lowest BCUT2D eigenvalue weighted by Crippen LogP contribution is -2.23. The number of pyridine rings is 2. The SMILES string of the molecule is Cc1cc(N)nc(C)c1CNC(=O)c1cnn(Cc2cccnc2)c1. The van der Waals surface area contributed by atoms with Crippen molar-refractivity contribution >= 4 is 11.7 Å². The summed E-state index contributed by atoms with van der Waals surface area (Å²) in [6.45, 7) is 4.81. The Kier molecular flexibility index (Phi) is 4.74. The second-order valence-corrected chi connectivity index (χ2v) is 5.90. The van der Waals surface area contributed by atoms with Crippen LogP contribution in [0.3, 0.4) is 0 Å². The first-order valence-electron chi connectivity index (χ1n) is 7.95. The van der Waals surface area contributed by atoms with Crippen molar-refractivity contribution < 1.29 is 4.79 Å². The number of carbonyl (C=O) groups is 1.